The van der Waals surface area contributed by atoms with Crippen LogP contribution in [0.4, 0.5) is 0 Å². The van der Waals surface area contributed by atoms with E-state index in [-0.39, 0.29) is 17.6 Å². The van der Waals surface area contributed by atoms with Gasteiger partial charge in [-0.1, -0.05) is 43.7 Å². The molecule has 2 unspecified atom stereocenters. The summed E-state index contributed by atoms with van der Waals surface area (Å²) in [6, 6.07) is 10.1. The fraction of sp³-hybridized carbons (Fsp3) is 0.529. The number of hydrogen-bond acceptors (Lipinski definition) is 2. The first kappa shape index (κ1) is 14.0. The van der Waals surface area contributed by atoms with Gasteiger partial charge in [0.2, 0.25) is 0 Å². The molecule has 0 radical (unpaired) electrons. The fourth-order valence-electron chi connectivity index (χ4n) is 3.02. The number of Topliss-reactive ketones (excluding diaryl/α,β-unsaturated/α-hetero) is 2. The van der Waals surface area contributed by atoms with Crippen molar-refractivity contribution in [2.75, 3.05) is 0 Å². The summed E-state index contributed by atoms with van der Waals surface area (Å²) >= 11 is 0. The lowest BCUT2D eigenvalue weighted by atomic mass is 9.74. The van der Waals surface area contributed by atoms with E-state index in [2.05, 4.69) is 12.1 Å². The summed E-state index contributed by atoms with van der Waals surface area (Å²) in [5.41, 5.74) is 1.14. The highest BCUT2D eigenvalue weighted by Gasteiger charge is 2.32. The molecule has 0 spiro atoms. The van der Waals surface area contributed by atoms with Gasteiger partial charge in [0.15, 0.2) is 0 Å². The van der Waals surface area contributed by atoms with Crippen LogP contribution in [0.2, 0.25) is 0 Å². The Hall–Kier alpha value is -1.44. The number of rotatable bonds is 5. The molecule has 0 aromatic heterocycles. The SMILES string of the molecule is CCC(=O)CC(c1ccccc1)C1CCCCC1=O. The van der Waals surface area contributed by atoms with Crippen LogP contribution in [0, 0.1) is 5.92 Å². The molecule has 2 nitrogen and oxygen atoms in total. The zero-order valence-electron chi connectivity index (χ0n) is 11.6. The van der Waals surface area contributed by atoms with Crippen molar-refractivity contribution in [2.24, 2.45) is 5.92 Å². The third-order valence-corrected chi connectivity index (χ3v) is 4.16. The molecule has 102 valence electrons. The Morgan fingerprint density at radius 3 is 2.63 bits per heavy atom. The van der Waals surface area contributed by atoms with Crippen molar-refractivity contribution in [2.45, 2.75) is 51.4 Å². The van der Waals surface area contributed by atoms with Crippen molar-refractivity contribution in [3.63, 3.8) is 0 Å². The molecule has 1 aliphatic rings. The third-order valence-electron chi connectivity index (χ3n) is 4.16. The topological polar surface area (TPSA) is 34.1 Å². The van der Waals surface area contributed by atoms with Gasteiger partial charge in [0, 0.05) is 31.1 Å². The zero-order chi connectivity index (χ0) is 13.7. The van der Waals surface area contributed by atoms with Crippen LogP contribution in [-0.2, 0) is 9.59 Å². The summed E-state index contributed by atoms with van der Waals surface area (Å²) in [6.45, 7) is 1.90. The van der Waals surface area contributed by atoms with Crippen molar-refractivity contribution in [1.82, 2.24) is 0 Å². The number of ketones is 2. The first-order chi connectivity index (χ1) is 9.22. The minimum absolute atomic E-state index is 0.0478. The zero-order valence-corrected chi connectivity index (χ0v) is 11.6. The van der Waals surface area contributed by atoms with Gasteiger partial charge in [-0.05, 0) is 18.4 Å². The maximum Gasteiger partial charge on any atom is 0.136 e. The average molecular weight is 258 g/mol. The number of benzene rings is 1. The molecule has 2 atom stereocenters. The maximum atomic E-state index is 12.2. The first-order valence-electron chi connectivity index (χ1n) is 7.31. The van der Waals surface area contributed by atoms with Crippen molar-refractivity contribution in [1.29, 1.82) is 0 Å². The van der Waals surface area contributed by atoms with Gasteiger partial charge in [-0.25, -0.2) is 0 Å². The summed E-state index contributed by atoms with van der Waals surface area (Å²) in [5, 5.41) is 0. The van der Waals surface area contributed by atoms with Gasteiger partial charge in [-0.3, -0.25) is 9.59 Å². The predicted octanol–water partition coefficient (Wildman–Crippen LogP) is 3.90. The van der Waals surface area contributed by atoms with Crippen molar-refractivity contribution < 1.29 is 9.59 Å². The number of hydrogen-bond donors (Lipinski definition) is 0. The molecule has 0 heterocycles. The van der Waals surface area contributed by atoms with Crippen LogP contribution >= 0.6 is 0 Å². The monoisotopic (exact) mass is 258 g/mol. The second kappa shape index (κ2) is 6.65. The lowest BCUT2D eigenvalue weighted by Crippen LogP contribution is -2.27. The van der Waals surface area contributed by atoms with Crippen LogP contribution < -0.4 is 0 Å². The summed E-state index contributed by atoms with van der Waals surface area (Å²) in [7, 11) is 0. The standard InChI is InChI=1S/C17H22O2/c1-2-14(18)12-16(13-8-4-3-5-9-13)15-10-6-7-11-17(15)19/h3-5,8-9,15-16H,2,6-7,10-12H2,1H3. The minimum atomic E-state index is 0.0478. The maximum absolute atomic E-state index is 12.2. The fourth-order valence-corrected chi connectivity index (χ4v) is 3.02. The molecule has 0 saturated heterocycles. The molecule has 0 amide bonds. The summed E-state index contributed by atoms with van der Waals surface area (Å²) in [5.74, 6) is 0.740. The van der Waals surface area contributed by atoms with Gasteiger partial charge >= 0.3 is 0 Å². The van der Waals surface area contributed by atoms with Crippen LogP contribution in [-0.4, -0.2) is 11.6 Å². The Morgan fingerprint density at radius 1 is 1.26 bits per heavy atom. The minimum Gasteiger partial charge on any atom is -0.300 e. The average Bonchev–Trinajstić information content (AvgIpc) is 2.46. The van der Waals surface area contributed by atoms with E-state index in [1.165, 1.54) is 0 Å². The normalized spacial score (nSPS) is 21.1. The molecule has 2 rings (SSSR count). The molecule has 1 aromatic rings. The van der Waals surface area contributed by atoms with E-state index in [4.69, 9.17) is 0 Å². The van der Waals surface area contributed by atoms with Crippen LogP contribution in [0.5, 0.6) is 0 Å². The molecule has 1 aromatic carbocycles. The molecule has 1 fully saturated rings. The quantitative estimate of drug-likeness (QED) is 0.802. The summed E-state index contributed by atoms with van der Waals surface area (Å²) < 4.78 is 0. The molecule has 1 saturated carbocycles. The third kappa shape index (κ3) is 3.52. The molecule has 0 N–H and O–H groups in total. The summed E-state index contributed by atoms with van der Waals surface area (Å²) in [4.78, 5) is 24.0. The van der Waals surface area contributed by atoms with Gasteiger partial charge < -0.3 is 0 Å². The molecule has 1 aliphatic carbocycles. The highest BCUT2D eigenvalue weighted by atomic mass is 16.1. The van der Waals surface area contributed by atoms with Crippen LogP contribution in [0.15, 0.2) is 30.3 Å². The molecule has 0 aliphatic heterocycles. The van der Waals surface area contributed by atoms with Gasteiger partial charge in [-0.15, -0.1) is 0 Å². The van der Waals surface area contributed by atoms with Gasteiger partial charge in [0.25, 0.3) is 0 Å². The van der Waals surface area contributed by atoms with Crippen molar-refractivity contribution >= 4 is 11.6 Å². The summed E-state index contributed by atoms with van der Waals surface area (Å²) in [6.07, 6.45) is 4.82. The molecular formula is C17H22O2. The highest BCUT2D eigenvalue weighted by Crippen LogP contribution is 2.36. The van der Waals surface area contributed by atoms with Gasteiger partial charge in [0.1, 0.15) is 11.6 Å². The lowest BCUT2D eigenvalue weighted by Gasteiger charge is -2.29. The second-order valence-corrected chi connectivity index (χ2v) is 5.43. The number of carbonyl (C=O) groups is 2. The Morgan fingerprint density at radius 2 is 2.00 bits per heavy atom. The van der Waals surface area contributed by atoms with E-state index >= 15 is 0 Å². The first-order valence-corrected chi connectivity index (χ1v) is 7.31. The van der Waals surface area contributed by atoms with E-state index in [1.807, 2.05) is 25.1 Å². The Bertz CT molecular complexity index is 436. The molecule has 19 heavy (non-hydrogen) atoms. The van der Waals surface area contributed by atoms with Crippen LogP contribution in [0.3, 0.4) is 0 Å². The molecular weight excluding hydrogens is 236 g/mol. The Labute approximate surface area is 115 Å². The predicted molar refractivity (Wildman–Crippen MR) is 76.1 cm³/mol. The second-order valence-electron chi connectivity index (χ2n) is 5.43. The number of carbonyl (C=O) groups excluding carboxylic acids is 2. The highest BCUT2D eigenvalue weighted by molar-refractivity contribution is 5.85. The Balaban J connectivity index is 2.23. The van der Waals surface area contributed by atoms with E-state index < -0.39 is 0 Å². The van der Waals surface area contributed by atoms with E-state index in [9.17, 15) is 9.59 Å². The largest absolute Gasteiger partial charge is 0.300 e. The van der Waals surface area contributed by atoms with E-state index in [0.717, 1.165) is 24.8 Å². The van der Waals surface area contributed by atoms with Crippen LogP contribution in [0.1, 0.15) is 56.9 Å². The Kier molecular flexibility index (Phi) is 4.89. The van der Waals surface area contributed by atoms with Crippen LogP contribution in [0.25, 0.3) is 0 Å². The van der Waals surface area contributed by atoms with Gasteiger partial charge in [-0.2, -0.15) is 0 Å². The van der Waals surface area contributed by atoms with E-state index in [1.54, 1.807) is 0 Å². The lowest BCUT2D eigenvalue weighted by molar-refractivity contribution is -0.126. The van der Waals surface area contributed by atoms with Crippen molar-refractivity contribution in [3.05, 3.63) is 35.9 Å². The van der Waals surface area contributed by atoms with Crippen molar-refractivity contribution in [3.8, 4) is 0 Å². The smallest absolute Gasteiger partial charge is 0.136 e. The van der Waals surface area contributed by atoms with Gasteiger partial charge in [0.05, 0.1) is 0 Å². The molecule has 2 heteroatoms. The molecule has 0 bridgehead atoms. The van der Waals surface area contributed by atoms with E-state index in [0.29, 0.717) is 25.0 Å².